The van der Waals surface area contributed by atoms with Crippen LogP contribution in [0.5, 0.6) is 0 Å². The van der Waals surface area contributed by atoms with Crippen molar-refractivity contribution < 1.29 is 18.4 Å². The number of aromatic nitrogens is 3. The summed E-state index contributed by atoms with van der Waals surface area (Å²) in [7, 11) is 0. The van der Waals surface area contributed by atoms with Crippen molar-refractivity contribution >= 4 is 35.0 Å². The van der Waals surface area contributed by atoms with E-state index < -0.39 is 17.5 Å². The molecule has 31 heavy (non-hydrogen) atoms. The van der Waals surface area contributed by atoms with Crippen molar-refractivity contribution in [2.45, 2.75) is 30.8 Å². The maximum atomic E-state index is 13.3. The average molecular weight is 443 g/mol. The van der Waals surface area contributed by atoms with Crippen molar-refractivity contribution in [2.24, 2.45) is 0 Å². The predicted octanol–water partition coefficient (Wildman–Crippen LogP) is 4.11. The van der Waals surface area contributed by atoms with Crippen LogP contribution in [0.25, 0.3) is 5.69 Å². The molecule has 1 fully saturated rings. The summed E-state index contributed by atoms with van der Waals surface area (Å²) in [6.07, 6.45) is 2.03. The molecule has 160 valence electrons. The lowest BCUT2D eigenvalue weighted by Crippen LogP contribution is -2.15. The molecule has 1 saturated carbocycles. The third-order valence-electron chi connectivity index (χ3n) is 4.50. The summed E-state index contributed by atoms with van der Waals surface area (Å²) in [4.78, 5) is 23.7. The lowest BCUT2D eigenvalue weighted by Gasteiger charge is -2.12. The van der Waals surface area contributed by atoms with Gasteiger partial charge in [-0.25, -0.2) is 8.78 Å². The van der Waals surface area contributed by atoms with Gasteiger partial charge in [-0.05, 0) is 43.2 Å². The van der Waals surface area contributed by atoms with Crippen molar-refractivity contribution in [3.8, 4) is 5.69 Å². The molecule has 0 bridgehead atoms. The highest BCUT2D eigenvalue weighted by molar-refractivity contribution is 7.99. The number of rotatable bonds is 7. The quantitative estimate of drug-likeness (QED) is 0.537. The molecule has 0 atom stereocenters. The second-order valence-electron chi connectivity index (χ2n) is 7.18. The Morgan fingerprint density at radius 3 is 2.48 bits per heavy atom. The van der Waals surface area contributed by atoms with Crippen LogP contribution in [0.15, 0.2) is 47.6 Å². The van der Waals surface area contributed by atoms with Gasteiger partial charge in [-0.3, -0.25) is 14.2 Å². The zero-order chi connectivity index (χ0) is 22.0. The van der Waals surface area contributed by atoms with Crippen LogP contribution < -0.4 is 10.6 Å². The Labute approximate surface area is 181 Å². The summed E-state index contributed by atoms with van der Waals surface area (Å²) in [6, 6.07) is 10.1. The lowest BCUT2D eigenvalue weighted by atomic mass is 10.2. The molecule has 0 radical (unpaired) electrons. The first-order valence-corrected chi connectivity index (χ1v) is 10.6. The highest BCUT2D eigenvalue weighted by Crippen LogP contribution is 2.41. The zero-order valence-corrected chi connectivity index (χ0v) is 17.4. The number of nitrogens with one attached hydrogen (secondary N) is 2. The number of nitrogens with zero attached hydrogens (tertiary/aromatic N) is 3. The van der Waals surface area contributed by atoms with Crippen LogP contribution in [0.2, 0.25) is 0 Å². The molecule has 2 N–H and O–H groups in total. The Kier molecular flexibility index (Phi) is 5.99. The maximum absolute atomic E-state index is 13.3. The SMILES string of the molecule is CC(=O)Nc1cccc(-n2c(SCC(=O)Nc3cc(F)cc(F)c3)nnc2C2CC2)c1. The van der Waals surface area contributed by atoms with E-state index in [2.05, 4.69) is 20.8 Å². The largest absolute Gasteiger partial charge is 0.326 e. The molecule has 1 aliphatic carbocycles. The van der Waals surface area contributed by atoms with Gasteiger partial charge < -0.3 is 10.6 Å². The number of halogens is 2. The van der Waals surface area contributed by atoms with Crippen LogP contribution in [0.3, 0.4) is 0 Å². The van der Waals surface area contributed by atoms with Gasteiger partial charge in [0.05, 0.1) is 11.4 Å². The van der Waals surface area contributed by atoms with Gasteiger partial charge >= 0.3 is 0 Å². The maximum Gasteiger partial charge on any atom is 0.234 e. The van der Waals surface area contributed by atoms with E-state index in [-0.39, 0.29) is 17.3 Å². The Balaban J connectivity index is 1.53. The third kappa shape index (κ3) is 5.26. The third-order valence-corrected chi connectivity index (χ3v) is 5.43. The smallest absolute Gasteiger partial charge is 0.234 e. The number of hydrogen-bond donors (Lipinski definition) is 2. The number of carbonyl (C=O) groups is 2. The lowest BCUT2D eigenvalue weighted by molar-refractivity contribution is -0.114. The molecule has 4 rings (SSSR count). The summed E-state index contributed by atoms with van der Waals surface area (Å²) >= 11 is 1.17. The molecular weight excluding hydrogens is 424 g/mol. The zero-order valence-electron chi connectivity index (χ0n) is 16.6. The van der Waals surface area contributed by atoms with Crippen LogP contribution >= 0.6 is 11.8 Å². The van der Waals surface area contributed by atoms with E-state index >= 15 is 0 Å². The minimum absolute atomic E-state index is 0.0215. The van der Waals surface area contributed by atoms with Gasteiger partial charge in [-0.2, -0.15) is 0 Å². The minimum atomic E-state index is -0.768. The topological polar surface area (TPSA) is 88.9 Å². The Morgan fingerprint density at radius 1 is 1.06 bits per heavy atom. The molecule has 10 heteroatoms. The molecule has 2 amide bonds. The van der Waals surface area contributed by atoms with Gasteiger partial charge in [0.15, 0.2) is 5.16 Å². The van der Waals surface area contributed by atoms with Gasteiger partial charge in [0.1, 0.15) is 17.5 Å². The summed E-state index contributed by atoms with van der Waals surface area (Å²) in [6.45, 7) is 1.44. The number of benzene rings is 2. The number of amides is 2. The minimum Gasteiger partial charge on any atom is -0.326 e. The number of anilines is 2. The first-order chi connectivity index (χ1) is 14.9. The fourth-order valence-electron chi connectivity index (χ4n) is 3.10. The fourth-order valence-corrected chi connectivity index (χ4v) is 3.86. The first kappa shape index (κ1) is 21.0. The van der Waals surface area contributed by atoms with Crippen molar-refractivity contribution in [3.63, 3.8) is 0 Å². The van der Waals surface area contributed by atoms with E-state index in [1.165, 1.54) is 18.7 Å². The summed E-state index contributed by atoms with van der Waals surface area (Å²) < 4.78 is 28.5. The summed E-state index contributed by atoms with van der Waals surface area (Å²) in [5.41, 5.74) is 1.46. The molecule has 0 spiro atoms. The van der Waals surface area contributed by atoms with E-state index in [9.17, 15) is 18.4 Å². The van der Waals surface area contributed by atoms with E-state index in [1.54, 1.807) is 6.07 Å². The normalized spacial score (nSPS) is 13.1. The number of hydrogen-bond acceptors (Lipinski definition) is 5. The van der Waals surface area contributed by atoms with Gasteiger partial charge in [0.25, 0.3) is 0 Å². The molecule has 0 saturated heterocycles. The van der Waals surface area contributed by atoms with Crippen LogP contribution in [0.4, 0.5) is 20.2 Å². The standard InChI is InChI=1S/C21H19F2N5O2S/c1-12(29)24-16-3-2-4-18(10-16)28-20(13-5-6-13)26-27-21(28)31-11-19(30)25-17-8-14(22)7-15(23)9-17/h2-4,7-10,13H,5-6,11H2,1H3,(H,24,29)(H,25,30). The van der Waals surface area contributed by atoms with Crippen LogP contribution in [-0.2, 0) is 9.59 Å². The van der Waals surface area contributed by atoms with Gasteiger partial charge in [0.2, 0.25) is 11.8 Å². The second kappa shape index (κ2) is 8.84. The summed E-state index contributed by atoms with van der Waals surface area (Å²) in [5, 5.41) is 14.3. The second-order valence-corrected chi connectivity index (χ2v) is 8.12. The van der Waals surface area contributed by atoms with Crippen molar-refractivity contribution in [1.29, 1.82) is 0 Å². The number of thioether (sulfide) groups is 1. The van der Waals surface area contributed by atoms with E-state index in [0.29, 0.717) is 16.8 Å². The molecule has 1 aliphatic rings. The van der Waals surface area contributed by atoms with Gasteiger partial charge in [0, 0.05) is 30.3 Å². The van der Waals surface area contributed by atoms with E-state index in [1.807, 2.05) is 22.8 Å². The Bertz CT molecular complexity index is 1130. The predicted molar refractivity (Wildman–Crippen MR) is 113 cm³/mol. The Hall–Kier alpha value is -3.27. The van der Waals surface area contributed by atoms with Gasteiger partial charge in [-0.15, -0.1) is 10.2 Å². The van der Waals surface area contributed by atoms with Crippen LogP contribution in [0.1, 0.15) is 31.5 Å². The number of carbonyl (C=O) groups excluding carboxylic acids is 2. The fraction of sp³-hybridized carbons (Fsp3) is 0.238. The van der Waals surface area contributed by atoms with Crippen LogP contribution in [-0.4, -0.2) is 32.3 Å². The molecule has 1 heterocycles. The molecule has 0 unspecified atom stereocenters. The highest BCUT2D eigenvalue weighted by Gasteiger charge is 2.31. The molecule has 0 aliphatic heterocycles. The van der Waals surface area contributed by atoms with Gasteiger partial charge in [-0.1, -0.05) is 17.8 Å². The highest BCUT2D eigenvalue weighted by atomic mass is 32.2. The van der Waals surface area contributed by atoms with E-state index in [0.717, 1.165) is 42.6 Å². The average Bonchev–Trinajstić information content (AvgIpc) is 3.44. The molecule has 1 aromatic heterocycles. The van der Waals surface area contributed by atoms with Crippen molar-refractivity contribution in [3.05, 3.63) is 59.9 Å². The summed E-state index contributed by atoms with van der Waals surface area (Å²) in [5.74, 6) is -1.06. The van der Waals surface area contributed by atoms with Crippen molar-refractivity contribution in [2.75, 3.05) is 16.4 Å². The Morgan fingerprint density at radius 2 is 1.81 bits per heavy atom. The monoisotopic (exact) mass is 443 g/mol. The molecule has 3 aromatic rings. The first-order valence-electron chi connectivity index (χ1n) is 9.61. The van der Waals surface area contributed by atoms with Crippen molar-refractivity contribution in [1.82, 2.24) is 14.8 Å². The van der Waals surface area contributed by atoms with E-state index in [4.69, 9.17) is 0 Å². The molecule has 2 aromatic carbocycles. The molecule has 7 nitrogen and oxygen atoms in total. The van der Waals surface area contributed by atoms with Crippen LogP contribution in [0, 0.1) is 11.6 Å². The molecular formula is C21H19F2N5O2S.